The molecule has 1 aromatic rings. The van der Waals surface area contributed by atoms with Crippen molar-refractivity contribution in [3.05, 3.63) is 34.9 Å². The van der Waals surface area contributed by atoms with E-state index in [9.17, 15) is 8.78 Å². The Morgan fingerprint density at radius 3 is 2.22 bits per heavy atom. The lowest BCUT2D eigenvalue weighted by Crippen LogP contribution is -2.18. The van der Waals surface area contributed by atoms with E-state index in [0.29, 0.717) is 17.0 Å². The fraction of sp³-hybridized carbons (Fsp3) is 0.600. The van der Waals surface area contributed by atoms with Crippen LogP contribution in [0.2, 0.25) is 0 Å². The minimum atomic E-state index is -0.348. The summed E-state index contributed by atoms with van der Waals surface area (Å²) in [5, 5.41) is 0. The standard InChI is InChI=1S/C15H21BrF2/c1-9-6-14(18)11(8-13(9)17)12(16)7-10(2)15(3,4)5/h6,8,10,12H,7H2,1-5H3. The van der Waals surface area contributed by atoms with E-state index < -0.39 is 0 Å². The normalized spacial score (nSPS) is 15.6. The van der Waals surface area contributed by atoms with E-state index >= 15 is 0 Å². The Morgan fingerprint density at radius 2 is 1.72 bits per heavy atom. The first kappa shape index (κ1) is 15.6. The molecule has 0 aliphatic rings. The molecule has 1 rings (SSSR count). The third-order valence-electron chi connectivity index (χ3n) is 3.65. The quantitative estimate of drug-likeness (QED) is 0.619. The summed E-state index contributed by atoms with van der Waals surface area (Å²) in [6, 6.07) is 2.57. The van der Waals surface area contributed by atoms with Crippen LogP contribution in [0, 0.1) is 29.9 Å². The minimum absolute atomic E-state index is 0.151. The molecule has 0 saturated carbocycles. The van der Waals surface area contributed by atoms with Gasteiger partial charge < -0.3 is 0 Å². The van der Waals surface area contributed by atoms with Crippen LogP contribution in [0.15, 0.2) is 12.1 Å². The summed E-state index contributed by atoms with van der Waals surface area (Å²) >= 11 is 3.48. The molecule has 3 heteroatoms. The highest BCUT2D eigenvalue weighted by Crippen LogP contribution is 2.38. The molecule has 18 heavy (non-hydrogen) atoms. The van der Waals surface area contributed by atoms with Crippen LogP contribution >= 0.6 is 15.9 Å². The lowest BCUT2D eigenvalue weighted by atomic mass is 9.79. The molecule has 0 amide bonds. The van der Waals surface area contributed by atoms with Crippen LogP contribution in [0.3, 0.4) is 0 Å². The van der Waals surface area contributed by atoms with Gasteiger partial charge in [0.2, 0.25) is 0 Å². The van der Waals surface area contributed by atoms with E-state index in [-0.39, 0.29) is 21.9 Å². The third kappa shape index (κ3) is 3.78. The van der Waals surface area contributed by atoms with Crippen molar-refractivity contribution in [1.82, 2.24) is 0 Å². The van der Waals surface area contributed by atoms with Gasteiger partial charge in [-0.1, -0.05) is 43.6 Å². The number of rotatable bonds is 3. The molecule has 0 aromatic heterocycles. The summed E-state index contributed by atoms with van der Waals surface area (Å²) < 4.78 is 27.3. The van der Waals surface area contributed by atoms with E-state index in [4.69, 9.17) is 0 Å². The van der Waals surface area contributed by atoms with E-state index in [1.807, 2.05) is 0 Å². The zero-order valence-electron chi connectivity index (χ0n) is 11.7. The number of hydrogen-bond donors (Lipinski definition) is 0. The van der Waals surface area contributed by atoms with Gasteiger partial charge in [-0.3, -0.25) is 0 Å². The lowest BCUT2D eigenvalue weighted by Gasteiger charge is -2.29. The Labute approximate surface area is 117 Å². The molecule has 0 saturated heterocycles. The fourth-order valence-corrected chi connectivity index (χ4v) is 2.60. The van der Waals surface area contributed by atoms with Gasteiger partial charge in [-0.15, -0.1) is 0 Å². The highest BCUT2D eigenvalue weighted by atomic mass is 79.9. The van der Waals surface area contributed by atoms with Crippen LogP contribution in [0.25, 0.3) is 0 Å². The van der Waals surface area contributed by atoms with Gasteiger partial charge in [0.25, 0.3) is 0 Å². The maximum Gasteiger partial charge on any atom is 0.128 e. The molecular weight excluding hydrogens is 298 g/mol. The molecule has 1 aromatic carbocycles. The van der Waals surface area contributed by atoms with Gasteiger partial charge in [-0.25, -0.2) is 8.78 Å². The van der Waals surface area contributed by atoms with Gasteiger partial charge in [-0.05, 0) is 42.4 Å². The molecule has 0 fully saturated rings. The van der Waals surface area contributed by atoms with Crippen molar-refractivity contribution in [2.75, 3.05) is 0 Å². The molecule has 2 atom stereocenters. The van der Waals surface area contributed by atoms with Crippen LogP contribution in [-0.4, -0.2) is 0 Å². The summed E-state index contributed by atoms with van der Waals surface area (Å²) in [6.45, 7) is 10.2. The molecule has 0 nitrogen and oxygen atoms in total. The highest BCUT2D eigenvalue weighted by molar-refractivity contribution is 9.09. The monoisotopic (exact) mass is 318 g/mol. The maximum atomic E-state index is 13.8. The summed E-state index contributed by atoms with van der Waals surface area (Å²) in [5.74, 6) is -0.276. The van der Waals surface area contributed by atoms with E-state index in [2.05, 4.69) is 43.6 Å². The number of aryl methyl sites for hydroxylation is 1. The van der Waals surface area contributed by atoms with E-state index in [1.54, 1.807) is 6.92 Å². The van der Waals surface area contributed by atoms with Gasteiger partial charge >= 0.3 is 0 Å². The van der Waals surface area contributed by atoms with Crippen LogP contribution < -0.4 is 0 Å². The Balaban J connectivity index is 2.91. The smallest absolute Gasteiger partial charge is 0.128 e. The zero-order chi connectivity index (χ0) is 14.1. The predicted octanol–water partition coefficient (Wildman–Crippen LogP) is 5.78. The second-order valence-electron chi connectivity index (χ2n) is 6.09. The average molecular weight is 319 g/mol. The number of alkyl halides is 1. The Morgan fingerprint density at radius 1 is 1.17 bits per heavy atom. The summed E-state index contributed by atoms with van der Waals surface area (Å²) in [5.41, 5.74) is 0.917. The molecule has 0 heterocycles. The van der Waals surface area contributed by atoms with Crippen molar-refractivity contribution < 1.29 is 8.78 Å². The first-order chi connectivity index (χ1) is 8.12. The average Bonchev–Trinajstić information content (AvgIpc) is 2.21. The molecule has 102 valence electrons. The van der Waals surface area contributed by atoms with Crippen molar-refractivity contribution in [3.8, 4) is 0 Å². The second-order valence-corrected chi connectivity index (χ2v) is 7.20. The van der Waals surface area contributed by atoms with Crippen molar-refractivity contribution in [1.29, 1.82) is 0 Å². The summed E-state index contributed by atoms with van der Waals surface area (Å²) in [4.78, 5) is -0.151. The van der Waals surface area contributed by atoms with Crippen LogP contribution in [0.5, 0.6) is 0 Å². The maximum absolute atomic E-state index is 13.8. The topological polar surface area (TPSA) is 0 Å². The number of benzene rings is 1. The van der Waals surface area contributed by atoms with Crippen LogP contribution in [0.1, 0.15) is 50.1 Å². The molecular formula is C15H21BrF2. The molecule has 0 radical (unpaired) electrons. The van der Waals surface area contributed by atoms with Crippen molar-refractivity contribution in [2.24, 2.45) is 11.3 Å². The largest absolute Gasteiger partial charge is 0.207 e. The zero-order valence-corrected chi connectivity index (χ0v) is 13.2. The lowest BCUT2D eigenvalue weighted by molar-refractivity contribution is 0.246. The van der Waals surface area contributed by atoms with Crippen molar-refractivity contribution >= 4 is 15.9 Å². The fourth-order valence-electron chi connectivity index (χ4n) is 1.69. The Kier molecular flexibility index (Phi) is 4.93. The van der Waals surface area contributed by atoms with Gasteiger partial charge in [0.05, 0.1) is 0 Å². The van der Waals surface area contributed by atoms with Crippen molar-refractivity contribution in [3.63, 3.8) is 0 Å². The molecule has 0 spiro atoms. The number of hydrogen-bond acceptors (Lipinski definition) is 0. The summed E-state index contributed by atoms with van der Waals surface area (Å²) in [6.07, 6.45) is 0.781. The first-order valence-corrected chi connectivity index (χ1v) is 7.14. The van der Waals surface area contributed by atoms with E-state index in [0.717, 1.165) is 6.42 Å². The SMILES string of the molecule is Cc1cc(F)c(C(Br)CC(C)C(C)(C)C)cc1F. The molecule has 0 aliphatic carbocycles. The molecule has 2 unspecified atom stereocenters. The van der Waals surface area contributed by atoms with Gasteiger partial charge in [0, 0.05) is 10.4 Å². The Bertz CT molecular complexity index is 421. The molecule has 0 bridgehead atoms. The van der Waals surface area contributed by atoms with Gasteiger partial charge in [0.15, 0.2) is 0 Å². The number of halogens is 3. The highest BCUT2D eigenvalue weighted by Gasteiger charge is 2.25. The first-order valence-electron chi connectivity index (χ1n) is 6.22. The third-order valence-corrected chi connectivity index (χ3v) is 4.52. The van der Waals surface area contributed by atoms with Gasteiger partial charge in [0.1, 0.15) is 11.6 Å². The minimum Gasteiger partial charge on any atom is -0.207 e. The van der Waals surface area contributed by atoms with Crippen LogP contribution in [0.4, 0.5) is 8.78 Å². The van der Waals surface area contributed by atoms with Gasteiger partial charge in [-0.2, -0.15) is 0 Å². The molecule has 0 N–H and O–H groups in total. The van der Waals surface area contributed by atoms with E-state index in [1.165, 1.54) is 12.1 Å². The Hall–Kier alpha value is -0.440. The van der Waals surface area contributed by atoms with Crippen LogP contribution in [-0.2, 0) is 0 Å². The second kappa shape index (κ2) is 5.68. The molecule has 0 aliphatic heterocycles. The van der Waals surface area contributed by atoms with Crippen molar-refractivity contribution in [2.45, 2.75) is 45.9 Å². The summed E-state index contributed by atoms with van der Waals surface area (Å²) in [7, 11) is 0. The predicted molar refractivity (Wildman–Crippen MR) is 76.0 cm³/mol.